The summed E-state index contributed by atoms with van der Waals surface area (Å²) in [6.07, 6.45) is 7.73. The van der Waals surface area contributed by atoms with E-state index in [0.717, 1.165) is 41.8 Å². The van der Waals surface area contributed by atoms with Crippen molar-refractivity contribution in [2.24, 2.45) is 23.7 Å². The third-order valence-corrected chi connectivity index (χ3v) is 7.31. The molecule has 1 aromatic rings. The van der Waals surface area contributed by atoms with E-state index in [2.05, 4.69) is 52.0 Å². The molecule has 5 fully saturated rings. The molecule has 2 heteroatoms. The van der Waals surface area contributed by atoms with Gasteiger partial charge in [-0.05, 0) is 67.9 Å². The van der Waals surface area contributed by atoms with Gasteiger partial charge in [0.15, 0.2) is 0 Å². The summed E-state index contributed by atoms with van der Waals surface area (Å²) in [7, 11) is 0. The molecule has 2 nitrogen and oxygen atoms in total. The number of benzene rings is 1. The van der Waals surface area contributed by atoms with Crippen molar-refractivity contribution in [3.8, 4) is 11.8 Å². The fraction of sp³-hybridized carbons (Fsp3) is 0.652. The molecule has 1 aromatic carbocycles. The molecule has 0 unspecified atom stereocenters. The van der Waals surface area contributed by atoms with Crippen molar-refractivity contribution in [2.45, 2.75) is 38.1 Å². The van der Waals surface area contributed by atoms with Crippen molar-refractivity contribution in [3.05, 3.63) is 35.9 Å². The second kappa shape index (κ2) is 6.78. The van der Waals surface area contributed by atoms with Gasteiger partial charge in [-0.3, -0.25) is 9.80 Å². The fourth-order valence-corrected chi connectivity index (χ4v) is 6.49. The van der Waals surface area contributed by atoms with Crippen molar-refractivity contribution >= 4 is 0 Å². The maximum absolute atomic E-state index is 3.37. The predicted octanol–water partition coefficient (Wildman–Crippen LogP) is 3.48. The first-order valence-corrected chi connectivity index (χ1v) is 10.4. The van der Waals surface area contributed by atoms with Gasteiger partial charge < -0.3 is 0 Å². The summed E-state index contributed by atoms with van der Waals surface area (Å²) < 4.78 is 0. The third kappa shape index (κ3) is 3.25. The lowest BCUT2D eigenvalue weighted by Crippen LogP contribution is -2.60. The van der Waals surface area contributed by atoms with E-state index in [1.54, 1.807) is 32.1 Å². The number of piperazine rings is 1. The van der Waals surface area contributed by atoms with Crippen LogP contribution in [0.2, 0.25) is 0 Å². The molecule has 5 aliphatic rings. The Morgan fingerprint density at radius 2 is 1.44 bits per heavy atom. The van der Waals surface area contributed by atoms with Crippen LogP contribution in [0.1, 0.15) is 37.7 Å². The molecule has 0 aromatic heterocycles. The highest BCUT2D eigenvalue weighted by Crippen LogP contribution is 2.55. The van der Waals surface area contributed by atoms with Crippen LogP contribution >= 0.6 is 0 Å². The van der Waals surface area contributed by atoms with Gasteiger partial charge in [-0.2, -0.15) is 0 Å². The Balaban J connectivity index is 1.15. The average molecular weight is 335 g/mol. The minimum atomic E-state index is 0.921. The number of hydrogen-bond acceptors (Lipinski definition) is 2. The van der Waals surface area contributed by atoms with Crippen LogP contribution in [0.3, 0.4) is 0 Å². The van der Waals surface area contributed by atoms with Crippen molar-refractivity contribution in [2.75, 3.05) is 32.7 Å². The summed E-state index contributed by atoms with van der Waals surface area (Å²) in [5.74, 6) is 10.9. The van der Waals surface area contributed by atoms with Crippen LogP contribution in [0.5, 0.6) is 0 Å². The Labute approximate surface area is 152 Å². The highest BCUT2D eigenvalue weighted by molar-refractivity contribution is 5.33. The monoisotopic (exact) mass is 334 g/mol. The lowest BCUT2D eigenvalue weighted by atomic mass is 9.54. The van der Waals surface area contributed by atoms with E-state index < -0.39 is 0 Å². The first-order valence-electron chi connectivity index (χ1n) is 10.4. The number of hydrogen-bond donors (Lipinski definition) is 0. The normalized spacial score (nSPS) is 37.7. The third-order valence-electron chi connectivity index (χ3n) is 7.31. The first kappa shape index (κ1) is 15.9. The van der Waals surface area contributed by atoms with Crippen molar-refractivity contribution in [3.63, 3.8) is 0 Å². The molecular formula is C23H30N2. The van der Waals surface area contributed by atoms with Crippen molar-refractivity contribution in [1.82, 2.24) is 9.80 Å². The lowest BCUT2D eigenvalue weighted by molar-refractivity contribution is -0.0756. The van der Waals surface area contributed by atoms with E-state index >= 15 is 0 Å². The molecule has 0 radical (unpaired) electrons. The number of nitrogens with zero attached hydrogens (tertiary/aromatic N) is 2. The molecule has 4 aliphatic carbocycles. The molecule has 25 heavy (non-hydrogen) atoms. The summed E-state index contributed by atoms with van der Waals surface area (Å²) in [5, 5.41) is 0. The zero-order valence-corrected chi connectivity index (χ0v) is 15.2. The molecule has 4 bridgehead atoms. The first-order chi connectivity index (χ1) is 12.3. The van der Waals surface area contributed by atoms with Crippen LogP contribution in [-0.2, 0) is 0 Å². The topological polar surface area (TPSA) is 6.48 Å². The largest absolute Gasteiger partial charge is 0.297 e. The summed E-state index contributed by atoms with van der Waals surface area (Å²) in [6.45, 7) is 5.85. The van der Waals surface area contributed by atoms with E-state index in [1.165, 1.54) is 26.2 Å². The van der Waals surface area contributed by atoms with Crippen molar-refractivity contribution in [1.29, 1.82) is 0 Å². The van der Waals surface area contributed by atoms with Crippen LogP contribution in [0.25, 0.3) is 0 Å². The van der Waals surface area contributed by atoms with E-state index in [9.17, 15) is 0 Å². The van der Waals surface area contributed by atoms with Gasteiger partial charge >= 0.3 is 0 Å². The summed E-state index contributed by atoms with van der Waals surface area (Å²) in [5.41, 5.74) is 1.13. The Kier molecular flexibility index (Phi) is 4.32. The van der Waals surface area contributed by atoms with E-state index in [0.29, 0.717) is 0 Å². The van der Waals surface area contributed by atoms with Gasteiger partial charge in [-0.25, -0.2) is 0 Å². The van der Waals surface area contributed by atoms with Gasteiger partial charge in [-0.1, -0.05) is 30.0 Å². The fourth-order valence-electron chi connectivity index (χ4n) is 6.49. The Bertz CT molecular complexity index is 620. The molecule has 4 saturated carbocycles. The molecule has 6 rings (SSSR count). The average Bonchev–Trinajstić information content (AvgIpc) is 2.63. The smallest absolute Gasteiger partial charge is 0.0606 e. The highest BCUT2D eigenvalue weighted by atomic mass is 15.3. The van der Waals surface area contributed by atoms with E-state index in [-0.39, 0.29) is 0 Å². The van der Waals surface area contributed by atoms with E-state index in [4.69, 9.17) is 0 Å². The summed E-state index contributed by atoms with van der Waals surface area (Å²) in [6, 6.07) is 11.3. The molecule has 1 saturated heterocycles. The van der Waals surface area contributed by atoms with Gasteiger partial charge in [0.05, 0.1) is 6.54 Å². The predicted molar refractivity (Wildman–Crippen MR) is 102 cm³/mol. The maximum atomic E-state index is 3.37. The Morgan fingerprint density at radius 3 is 2.08 bits per heavy atom. The van der Waals surface area contributed by atoms with Gasteiger partial charge in [0, 0.05) is 37.8 Å². The Hall–Kier alpha value is -1.30. The van der Waals surface area contributed by atoms with Gasteiger partial charge in [-0.15, -0.1) is 0 Å². The lowest BCUT2D eigenvalue weighted by Gasteiger charge is -2.58. The van der Waals surface area contributed by atoms with E-state index in [1.807, 2.05) is 0 Å². The van der Waals surface area contributed by atoms with Gasteiger partial charge in [0.25, 0.3) is 0 Å². The van der Waals surface area contributed by atoms with Crippen molar-refractivity contribution < 1.29 is 0 Å². The number of rotatable bonds is 2. The van der Waals surface area contributed by atoms with Crippen LogP contribution in [0.4, 0.5) is 0 Å². The molecular weight excluding hydrogens is 304 g/mol. The summed E-state index contributed by atoms with van der Waals surface area (Å²) >= 11 is 0. The van der Waals surface area contributed by atoms with Crippen LogP contribution in [0.15, 0.2) is 30.3 Å². The van der Waals surface area contributed by atoms with Gasteiger partial charge in [0.2, 0.25) is 0 Å². The second-order valence-electron chi connectivity index (χ2n) is 8.90. The Morgan fingerprint density at radius 1 is 0.800 bits per heavy atom. The molecule has 1 aliphatic heterocycles. The molecule has 0 atom stereocenters. The minimum Gasteiger partial charge on any atom is -0.297 e. The van der Waals surface area contributed by atoms with Crippen LogP contribution < -0.4 is 0 Å². The SMILES string of the molecule is C(#Cc1ccccc1)CN1CCN(C2C3CC4CC(C3)CC2C4)CC1. The second-order valence-corrected chi connectivity index (χ2v) is 8.90. The standard InChI is InChI=1S/C23H30N2/c1-2-5-18(6-3-1)7-4-8-24-9-11-25(12-10-24)23-21-14-19-13-20(16-21)17-22(23)15-19/h1-3,5-6,19-23H,8-17H2. The van der Waals surface area contributed by atoms with Crippen LogP contribution in [0, 0.1) is 35.5 Å². The quantitative estimate of drug-likeness (QED) is 0.764. The van der Waals surface area contributed by atoms with Gasteiger partial charge in [0.1, 0.15) is 0 Å². The zero-order chi connectivity index (χ0) is 16.6. The zero-order valence-electron chi connectivity index (χ0n) is 15.2. The molecule has 0 amide bonds. The molecule has 1 heterocycles. The molecule has 0 spiro atoms. The molecule has 132 valence electrons. The summed E-state index contributed by atoms with van der Waals surface area (Å²) in [4.78, 5) is 5.41. The van der Waals surface area contributed by atoms with Crippen LogP contribution in [-0.4, -0.2) is 48.6 Å². The highest BCUT2D eigenvalue weighted by Gasteiger charge is 2.50. The maximum Gasteiger partial charge on any atom is 0.0606 e. The molecule has 0 N–H and O–H groups in total. The minimum absolute atomic E-state index is 0.921.